The molecule has 7 heteroatoms. The van der Waals surface area contributed by atoms with Gasteiger partial charge in [-0.1, -0.05) is 15.9 Å². The minimum absolute atomic E-state index is 0.0589. The number of hydrogen-bond acceptors (Lipinski definition) is 3. The van der Waals surface area contributed by atoms with Crippen LogP contribution >= 0.6 is 31.9 Å². The second-order valence-corrected chi connectivity index (χ2v) is 8.60. The average molecular weight is 411 g/mol. The van der Waals surface area contributed by atoms with Crippen molar-refractivity contribution in [2.45, 2.75) is 12.5 Å². The molecule has 1 unspecified atom stereocenters. The van der Waals surface area contributed by atoms with Crippen LogP contribution in [0.5, 0.6) is 0 Å². The Hall–Kier alpha value is -0.400. The first-order valence-electron chi connectivity index (χ1n) is 5.73. The SMILES string of the molecule is CN(C(=O)c1ccc(Br)cc1Br)C1CCS(=O)(=O)C1. The first-order chi connectivity index (χ1) is 8.80. The van der Waals surface area contributed by atoms with E-state index in [1.54, 1.807) is 25.2 Å². The molecule has 2 rings (SSSR count). The smallest absolute Gasteiger partial charge is 0.255 e. The van der Waals surface area contributed by atoms with E-state index in [9.17, 15) is 13.2 Å². The van der Waals surface area contributed by atoms with Crippen LogP contribution in [0.4, 0.5) is 0 Å². The Morgan fingerprint density at radius 2 is 2.05 bits per heavy atom. The van der Waals surface area contributed by atoms with E-state index >= 15 is 0 Å². The summed E-state index contributed by atoms with van der Waals surface area (Å²) in [5.41, 5.74) is 0.537. The first kappa shape index (κ1) is 15.0. The highest BCUT2D eigenvalue weighted by Crippen LogP contribution is 2.25. The van der Waals surface area contributed by atoms with Gasteiger partial charge < -0.3 is 4.90 Å². The summed E-state index contributed by atoms with van der Waals surface area (Å²) in [6, 6.07) is 5.08. The lowest BCUT2D eigenvalue weighted by Crippen LogP contribution is -2.38. The van der Waals surface area contributed by atoms with Gasteiger partial charge in [0.2, 0.25) is 0 Å². The van der Waals surface area contributed by atoms with E-state index in [4.69, 9.17) is 0 Å². The third-order valence-electron chi connectivity index (χ3n) is 3.24. The van der Waals surface area contributed by atoms with Crippen LogP contribution in [0.25, 0.3) is 0 Å². The molecule has 0 aliphatic carbocycles. The first-order valence-corrected chi connectivity index (χ1v) is 9.13. The van der Waals surface area contributed by atoms with Crippen molar-refractivity contribution in [2.24, 2.45) is 0 Å². The molecule has 1 fully saturated rings. The summed E-state index contributed by atoms with van der Waals surface area (Å²) in [5, 5.41) is 0. The number of rotatable bonds is 2. The van der Waals surface area contributed by atoms with E-state index < -0.39 is 9.84 Å². The molecule has 0 N–H and O–H groups in total. The molecule has 1 aromatic rings. The van der Waals surface area contributed by atoms with Crippen LogP contribution in [0.2, 0.25) is 0 Å². The molecule has 104 valence electrons. The fourth-order valence-corrected chi connectivity index (χ4v) is 5.09. The van der Waals surface area contributed by atoms with E-state index in [0.717, 1.165) is 4.47 Å². The molecule has 1 aromatic carbocycles. The van der Waals surface area contributed by atoms with Crippen LogP contribution in [0.1, 0.15) is 16.8 Å². The second-order valence-electron chi connectivity index (χ2n) is 4.60. The zero-order chi connectivity index (χ0) is 14.2. The number of benzene rings is 1. The number of nitrogens with zero attached hydrogens (tertiary/aromatic N) is 1. The van der Waals surface area contributed by atoms with Crippen molar-refractivity contribution < 1.29 is 13.2 Å². The zero-order valence-electron chi connectivity index (χ0n) is 10.3. The van der Waals surface area contributed by atoms with Crippen LogP contribution in [0.15, 0.2) is 27.1 Å². The van der Waals surface area contributed by atoms with Gasteiger partial charge in [0, 0.05) is 22.0 Å². The summed E-state index contributed by atoms with van der Waals surface area (Å²) in [5.74, 6) is 0.0571. The zero-order valence-corrected chi connectivity index (χ0v) is 14.3. The molecule has 0 saturated carbocycles. The fourth-order valence-electron chi connectivity index (χ4n) is 2.10. The molecule has 1 saturated heterocycles. The maximum atomic E-state index is 12.4. The van der Waals surface area contributed by atoms with Gasteiger partial charge in [-0.05, 0) is 40.5 Å². The van der Waals surface area contributed by atoms with E-state index in [1.165, 1.54) is 4.90 Å². The molecular weight excluding hydrogens is 398 g/mol. The van der Waals surface area contributed by atoms with Crippen LogP contribution in [-0.2, 0) is 9.84 Å². The molecule has 1 heterocycles. The number of hydrogen-bond donors (Lipinski definition) is 0. The molecule has 4 nitrogen and oxygen atoms in total. The van der Waals surface area contributed by atoms with Crippen LogP contribution in [0.3, 0.4) is 0 Å². The minimum Gasteiger partial charge on any atom is -0.338 e. The van der Waals surface area contributed by atoms with Crippen LogP contribution in [0, 0.1) is 0 Å². The van der Waals surface area contributed by atoms with Gasteiger partial charge in [0.05, 0.1) is 17.1 Å². The Bertz CT molecular complexity index is 615. The topological polar surface area (TPSA) is 54.5 Å². The molecule has 1 amide bonds. The lowest BCUT2D eigenvalue weighted by atomic mass is 10.1. The maximum absolute atomic E-state index is 12.4. The quantitative estimate of drug-likeness (QED) is 0.752. The van der Waals surface area contributed by atoms with Gasteiger partial charge in [0.25, 0.3) is 5.91 Å². The lowest BCUT2D eigenvalue weighted by Gasteiger charge is -2.24. The summed E-state index contributed by atoms with van der Waals surface area (Å²) >= 11 is 6.68. The van der Waals surface area contributed by atoms with Crippen LogP contribution in [-0.4, -0.2) is 43.8 Å². The highest BCUT2D eigenvalue weighted by Gasteiger charge is 2.33. The van der Waals surface area contributed by atoms with Crippen molar-refractivity contribution in [1.82, 2.24) is 4.90 Å². The third kappa shape index (κ3) is 3.38. The lowest BCUT2D eigenvalue weighted by molar-refractivity contribution is 0.0747. The Labute approximate surface area is 129 Å². The highest BCUT2D eigenvalue weighted by atomic mass is 79.9. The van der Waals surface area contributed by atoms with Crippen molar-refractivity contribution in [3.05, 3.63) is 32.7 Å². The Morgan fingerprint density at radius 1 is 1.37 bits per heavy atom. The molecule has 1 aliphatic rings. The Morgan fingerprint density at radius 3 is 2.58 bits per heavy atom. The van der Waals surface area contributed by atoms with Gasteiger partial charge in [-0.15, -0.1) is 0 Å². The van der Waals surface area contributed by atoms with E-state index in [-0.39, 0.29) is 23.5 Å². The van der Waals surface area contributed by atoms with E-state index in [1.807, 2.05) is 0 Å². The van der Waals surface area contributed by atoms with Gasteiger partial charge in [0.1, 0.15) is 0 Å². The number of amides is 1. The van der Waals surface area contributed by atoms with Crippen molar-refractivity contribution in [3.63, 3.8) is 0 Å². The van der Waals surface area contributed by atoms with Gasteiger partial charge >= 0.3 is 0 Å². The second kappa shape index (κ2) is 5.54. The molecule has 0 radical (unpaired) electrons. The molecule has 0 spiro atoms. The molecular formula is C12H13Br2NO3S. The van der Waals surface area contributed by atoms with Gasteiger partial charge in [-0.25, -0.2) is 8.42 Å². The highest BCUT2D eigenvalue weighted by molar-refractivity contribution is 9.11. The standard InChI is InChI=1S/C12H13Br2NO3S/c1-15(9-4-5-19(17,18)7-9)12(16)10-3-2-8(13)6-11(10)14/h2-3,6,9H,4-5,7H2,1H3. The summed E-state index contributed by atoms with van der Waals surface area (Å²) < 4.78 is 24.5. The van der Waals surface area contributed by atoms with Crippen LogP contribution < -0.4 is 0 Å². The molecule has 19 heavy (non-hydrogen) atoms. The monoisotopic (exact) mass is 409 g/mol. The van der Waals surface area contributed by atoms with Gasteiger partial charge in [-0.2, -0.15) is 0 Å². The number of carbonyl (C=O) groups excluding carboxylic acids is 1. The Kier molecular flexibility index (Phi) is 4.37. The van der Waals surface area contributed by atoms with Crippen molar-refractivity contribution in [3.8, 4) is 0 Å². The average Bonchev–Trinajstić information content (AvgIpc) is 2.68. The van der Waals surface area contributed by atoms with Crippen molar-refractivity contribution in [2.75, 3.05) is 18.6 Å². The summed E-state index contributed by atoms with van der Waals surface area (Å²) in [7, 11) is -1.33. The summed E-state index contributed by atoms with van der Waals surface area (Å²) in [6.45, 7) is 0. The number of carbonyl (C=O) groups is 1. The van der Waals surface area contributed by atoms with Crippen molar-refractivity contribution in [1.29, 1.82) is 0 Å². The Balaban J connectivity index is 2.20. The normalized spacial score (nSPS) is 21.3. The van der Waals surface area contributed by atoms with E-state index in [0.29, 0.717) is 16.5 Å². The summed E-state index contributed by atoms with van der Waals surface area (Å²) in [4.78, 5) is 13.9. The van der Waals surface area contributed by atoms with Gasteiger partial charge in [-0.3, -0.25) is 4.79 Å². The third-order valence-corrected chi connectivity index (χ3v) is 6.14. The molecule has 0 aromatic heterocycles. The van der Waals surface area contributed by atoms with E-state index in [2.05, 4.69) is 31.9 Å². The number of halogens is 2. The predicted molar refractivity (Wildman–Crippen MR) is 81.0 cm³/mol. The minimum atomic E-state index is -2.99. The maximum Gasteiger partial charge on any atom is 0.255 e. The molecule has 1 aliphatic heterocycles. The molecule has 0 bridgehead atoms. The summed E-state index contributed by atoms with van der Waals surface area (Å²) in [6.07, 6.45) is 0.513. The largest absolute Gasteiger partial charge is 0.338 e. The predicted octanol–water partition coefficient (Wildman–Crippen LogP) is 2.47. The van der Waals surface area contributed by atoms with Gasteiger partial charge in [0.15, 0.2) is 9.84 Å². The fraction of sp³-hybridized carbons (Fsp3) is 0.417. The van der Waals surface area contributed by atoms with Crippen molar-refractivity contribution >= 4 is 47.6 Å². The molecule has 1 atom stereocenters. The number of sulfone groups is 1.